The van der Waals surface area contributed by atoms with Crippen LogP contribution in [0.4, 0.5) is 0 Å². The maximum Gasteiger partial charge on any atom is 0.333 e. The van der Waals surface area contributed by atoms with E-state index in [0.717, 1.165) is 10.1 Å². The minimum atomic E-state index is -1.84. The molecule has 0 aliphatic heterocycles. The summed E-state index contributed by atoms with van der Waals surface area (Å²) in [6, 6.07) is 7.46. The highest BCUT2D eigenvalue weighted by Gasteiger charge is 2.36. The number of fused-ring (bicyclic) bond motifs is 1. The molecule has 0 amide bonds. The predicted molar refractivity (Wildman–Crippen MR) is 162 cm³/mol. The monoisotopic (exact) mass is 611 g/mol. The maximum atomic E-state index is 14.2. The normalized spacial score (nSPS) is 18.3. The van der Waals surface area contributed by atoms with Crippen molar-refractivity contribution in [2.75, 3.05) is 0 Å². The standard InChI is InChI=1S/C31H37N3O8S/c1-17(2)41-22-9-7-6-8-21(22)23(42-20-12-10-19(35)11-13-20)16-33-28-24(18(3)25(43-28)26-32-14-15-40-26)27(36)34(30(33)39)31(4,5)29(37)38/h6-9,14-15,17,19-20,23,35H,10-13,16H2,1-5H3,(H,37,38)/t19?,20?,23-/m0/s1. The highest BCUT2D eigenvalue weighted by molar-refractivity contribution is 7.22. The summed E-state index contributed by atoms with van der Waals surface area (Å²) in [5.41, 5.74) is -2.04. The Morgan fingerprint density at radius 2 is 1.88 bits per heavy atom. The van der Waals surface area contributed by atoms with E-state index < -0.39 is 28.9 Å². The number of carboxylic acid groups (broad SMARTS) is 1. The lowest BCUT2D eigenvalue weighted by Crippen LogP contribution is -2.52. The van der Waals surface area contributed by atoms with E-state index in [0.29, 0.717) is 52.6 Å². The van der Waals surface area contributed by atoms with Crippen molar-refractivity contribution in [3.63, 3.8) is 0 Å². The van der Waals surface area contributed by atoms with Crippen LogP contribution in [0, 0.1) is 6.92 Å². The number of benzene rings is 1. The van der Waals surface area contributed by atoms with Crippen molar-refractivity contribution in [3.8, 4) is 16.5 Å². The first-order valence-corrected chi connectivity index (χ1v) is 15.2. The number of aromatic nitrogens is 3. The van der Waals surface area contributed by atoms with Crippen LogP contribution in [-0.4, -0.2) is 48.6 Å². The molecule has 12 heteroatoms. The van der Waals surface area contributed by atoms with Crippen LogP contribution in [0.15, 0.2) is 50.7 Å². The molecule has 2 N–H and O–H groups in total. The van der Waals surface area contributed by atoms with Crippen molar-refractivity contribution >= 4 is 27.5 Å². The van der Waals surface area contributed by atoms with Crippen LogP contribution in [0.3, 0.4) is 0 Å². The quantitative estimate of drug-likeness (QED) is 0.257. The Balaban J connectivity index is 1.74. The van der Waals surface area contributed by atoms with Crippen LogP contribution in [-0.2, 0) is 21.6 Å². The molecule has 0 bridgehead atoms. The van der Waals surface area contributed by atoms with Gasteiger partial charge in [0.15, 0.2) is 0 Å². The third kappa shape index (κ3) is 5.91. The van der Waals surface area contributed by atoms with Gasteiger partial charge < -0.3 is 24.1 Å². The molecule has 0 unspecified atom stereocenters. The molecule has 3 aromatic heterocycles. The molecule has 0 saturated heterocycles. The van der Waals surface area contributed by atoms with Gasteiger partial charge in [0.05, 0.1) is 41.3 Å². The van der Waals surface area contributed by atoms with Crippen LogP contribution < -0.4 is 16.0 Å². The molecule has 0 radical (unpaired) electrons. The average molecular weight is 612 g/mol. The van der Waals surface area contributed by atoms with Gasteiger partial charge in [-0.25, -0.2) is 19.1 Å². The zero-order chi connectivity index (χ0) is 31.1. The smallest absolute Gasteiger partial charge is 0.333 e. The molecule has 43 heavy (non-hydrogen) atoms. The van der Waals surface area contributed by atoms with Crippen LogP contribution in [0.1, 0.15) is 70.6 Å². The number of nitrogens with zero attached hydrogens (tertiary/aromatic N) is 3. The number of para-hydroxylation sites is 1. The van der Waals surface area contributed by atoms with E-state index in [1.54, 1.807) is 6.92 Å². The third-order valence-corrected chi connectivity index (χ3v) is 9.20. The number of aliphatic hydroxyl groups excluding tert-OH is 1. The lowest BCUT2D eigenvalue weighted by atomic mass is 9.94. The van der Waals surface area contributed by atoms with Gasteiger partial charge in [-0.1, -0.05) is 18.2 Å². The molecule has 11 nitrogen and oxygen atoms in total. The van der Waals surface area contributed by atoms with Crippen molar-refractivity contribution in [2.45, 2.75) is 96.8 Å². The van der Waals surface area contributed by atoms with E-state index in [-0.39, 0.29) is 30.2 Å². The molecule has 1 fully saturated rings. The van der Waals surface area contributed by atoms with Gasteiger partial charge in [0.25, 0.3) is 5.56 Å². The van der Waals surface area contributed by atoms with Crippen LogP contribution in [0.25, 0.3) is 21.0 Å². The Kier molecular flexibility index (Phi) is 8.64. The SMILES string of the molecule is Cc1c(-c2ncco2)sc2c1c(=O)n(C(C)(C)C(=O)O)c(=O)n2C[C@H](OC1CCC(O)CC1)c1ccccc1OC(C)C. The van der Waals surface area contributed by atoms with E-state index in [4.69, 9.17) is 13.9 Å². The second-order valence-corrected chi connectivity index (χ2v) is 12.7. The van der Waals surface area contributed by atoms with E-state index in [2.05, 4.69) is 4.98 Å². The minimum Gasteiger partial charge on any atom is -0.491 e. The van der Waals surface area contributed by atoms with Crippen LogP contribution in [0.5, 0.6) is 5.75 Å². The van der Waals surface area contributed by atoms with Gasteiger partial charge in [-0.3, -0.25) is 9.36 Å². The summed E-state index contributed by atoms with van der Waals surface area (Å²) >= 11 is 1.19. The fraction of sp³-hybridized carbons (Fsp3) is 0.484. The first kappa shape index (κ1) is 30.7. The number of aliphatic hydroxyl groups is 1. The molecule has 1 aliphatic rings. The molecule has 1 aromatic carbocycles. The summed E-state index contributed by atoms with van der Waals surface area (Å²) < 4.78 is 20.6. The molecular formula is C31H37N3O8S. The third-order valence-electron chi connectivity index (χ3n) is 7.90. The number of carbonyl (C=O) groups is 1. The van der Waals surface area contributed by atoms with Gasteiger partial charge in [-0.05, 0) is 71.9 Å². The Morgan fingerprint density at radius 1 is 1.19 bits per heavy atom. The molecule has 1 aliphatic carbocycles. The molecule has 1 atom stereocenters. The number of aryl methyl sites for hydroxylation is 1. The molecule has 4 aromatic rings. The second kappa shape index (κ2) is 12.1. The zero-order valence-electron chi connectivity index (χ0n) is 24.9. The summed E-state index contributed by atoms with van der Waals surface area (Å²) in [5.74, 6) is -0.419. The van der Waals surface area contributed by atoms with Gasteiger partial charge in [0.1, 0.15) is 28.5 Å². The average Bonchev–Trinajstić information content (AvgIpc) is 3.59. The number of thiophene rings is 1. The number of hydrogen-bond donors (Lipinski definition) is 2. The molecule has 230 valence electrons. The van der Waals surface area contributed by atoms with Gasteiger partial charge in [0.2, 0.25) is 5.89 Å². The van der Waals surface area contributed by atoms with Crippen molar-refractivity contribution in [3.05, 3.63) is 68.7 Å². The number of aliphatic carboxylic acids is 1. The largest absolute Gasteiger partial charge is 0.491 e. The van der Waals surface area contributed by atoms with Crippen molar-refractivity contribution in [2.24, 2.45) is 0 Å². The van der Waals surface area contributed by atoms with Gasteiger partial charge in [0, 0.05) is 5.56 Å². The van der Waals surface area contributed by atoms with E-state index >= 15 is 0 Å². The van der Waals surface area contributed by atoms with Crippen molar-refractivity contribution in [1.82, 2.24) is 14.1 Å². The first-order valence-electron chi connectivity index (χ1n) is 14.4. The molecule has 1 saturated carbocycles. The molecule has 0 spiro atoms. The number of hydrogen-bond acceptors (Lipinski definition) is 9. The zero-order valence-corrected chi connectivity index (χ0v) is 25.7. The maximum absolute atomic E-state index is 14.2. The molecule has 5 rings (SSSR count). The van der Waals surface area contributed by atoms with E-state index in [9.17, 15) is 24.6 Å². The Bertz CT molecular complexity index is 1730. The number of ether oxygens (including phenoxy) is 2. The minimum absolute atomic E-state index is 0.0200. The van der Waals surface area contributed by atoms with Crippen molar-refractivity contribution in [1.29, 1.82) is 0 Å². The Labute approximate surface area is 252 Å². The summed E-state index contributed by atoms with van der Waals surface area (Å²) in [7, 11) is 0. The molecular weight excluding hydrogens is 574 g/mol. The summed E-state index contributed by atoms with van der Waals surface area (Å²) in [5, 5.41) is 20.4. The van der Waals surface area contributed by atoms with Gasteiger partial charge >= 0.3 is 11.7 Å². The topological polar surface area (TPSA) is 146 Å². The summed E-state index contributed by atoms with van der Waals surface area (Å²) in [4.78, 5) is 45.7. The number of carboxylic acids is 1. The lowest BCUT2D eigenvalue weighted by molar-refractivity contribution is -0.146. The fourth-order valence-electron chi connectivity index (χ4n) is 5.54. The lowest BCUT2D eigenvalue weighted by Gasteiger charge is -2.31. The van der Waals surface area contributed by atoms with Crippen LogP contribution in [0.2, 0.25) is 0 Å². The summed E-state index contributed by atoms with van der Waals surface area (Å²) in [6.07, 6.45) is 4.05. The highest BCUT2D eigenvalue weighted by Crippen LogP contribution is 2.38. The molecule has 3 heterocycles. The fourth-order valence-corrected chi connectivity index (χ4v) is 6.78. The predicted octanol–water partition coefficient (Wildman–Crippen LogP) is 4.86. The number of rotatable bonds is 10. The van der Waals surface area contributed by atoms with Gasteiger partial charge in [-0.2, -0.15) is 0 Å². The Hall–Kier alpha value is -3.74. The summed E-state index contributed by atoms with van der Waals surface area (Å²) in [6.45, 7) is 8.22. The Morgan fingerprint density at radius 3 is 2.51 bits per heavy atom. The highest BCUT2D eigenvalue weighted by atomic mass is 32.1. The van der Waals surface area contributed by atoms with Gasteiger partial charge in [-0.15, -0.1) is 11.3 Å². The van der Waals surface area contributed by atoms with Crippen molar-refractivity contribution < 1.29 is 28.9 Å². The van der Waals surface area contributed by atoms with Crippen LogP contribution >= 0.6 is 11.3 Å². The van der Waals surface area contributed by atoms with E-state index in [1.165, 1.54) is 42.2 Å². The van der Waals surface area contributed by atoms with E-state index in [1.807, 2.05) is 38.1 Å². The first-order chi connectivity index (χ1) is 20.4. The second-order valence-electron chi connectivity index (χ2n) is 11.7. The number of oxazole rings is 1.